The lowest BCUT2D eigenvalue weighted by Gasteiger charge is -2.38. The van der Waals surface area contributed by atoms with Crippen LogP contribution < -0.4 is 15.8 Å². The van der Waals surface area contributed by atoms with E-state index >= 15 is 0 Å². The molecule has 1 aliphatic carbocycles. The Labute approximate surface area is 278 Å². The van der Waals surface area contributed by atoms with Crippen molar-refractivity contribution in [3.05, 3.63) is 81.2 Å². The molecular formula is C35H40N8O5. The maximum Gasteiger partial charge on any atom is 0.290 e. The van der Waals surface area contributed by atoms with Gasteiger partial charge in [-0.25, -0.2) is 14.6 Å². The highest BCUT2D eigenvalue weighted by atomic mass is 16.5. The van der Waals surface area contributed by atoms with E-state index in [1.165, 1.54) is 22.1 Å². The molecule has 250 valence electrons. The van der Waals surface area contributed by atoms with Crippen molar-refractivity contribution in [2.75, 3.05) is 30.0 Å². The molecule has 2 N–H and O–H groups in total. The van der Waals surface area contributed by atoms with Gasteiger partial charge in [-0.1, -0.05) is 13.8 Å². The molecule has 2 atom stereocenters. The summed E-state index contributed by atoms with van der Waals surface area (Å²) in [7, 11) is 1.54. The van der Waals surface area contributed by atoms with Crippen molar-refractivity contribution in [3.8, 4) is 11.3 Å². The number of anilines is 3. The Morgan fingerprint density at radius 2 is 1.83 bits per heavy atom. The number of carbonyl (C=O) groups is 2. The minimum Gasteiger partial charge on any atom is -0.392 e. The predicted octanol–water partition coefficient (Wildman–Crippen LogP) is 3.31. The number of ether oxygens (including phenoxy) is 1. The van der Waals surface area contributed by atoms with E-state index in [-0.39, 0.29) is 40.6 Å². The molecule has 6 heterocycles. The number of hydrogen-bond donors (Lipinski definition) is 2. The normalized spacial score (nSPS) is 20.1. The van der Waals surface area contributed by atoms with Gasteiger partial charge in [0.15, 0.2) is 0 Å². The van der Waals surface area contributed by atoms with Crippen LogP contribution in [0.3, 0.4) is 0 Å². The molecule has 2 amide bonds. The fourth-order valence-corrected chi connectivity index (χ4v) is 7.34. The lowest BCUT2D eigenvalue weighted by molar-refractivity contribution is -0.0249. The van der Waals surface area contributed by atoms with Crippen LogP contribution in [0.4, 0.5) is 17.3 Å². The SMILES string of the molecule is CC1COC[C@H](C)N1C(=O)c1ccc(Nc2cc(-c3ccnc(N4CCn5c(cc6c5CC(C)(C)C6)C4=O)c3CO)nn(C)c2=O)nc1. The summed E-state index contributed by atoms with van der Waals surface area (Å²) in [6, 6.07) is 8.54. The molecule has 1 fully saturated rings. The quantitative estimate of drug-likeness (QED) is 0.320. The van der Waals surface area contributed by atoms with Crippen LogP contribution in [0.2, 0.25) is 0 Å². The van der Waals surface area contributed by atoms with E-state index in [1.54, 1.807) is 42.4 Å². The zero-order valence-corrected chi connectivity index (χ0v) is 27.9. The maximum atomic E-state index is 13.8. The van der Waals surface area contributed by atoms with Gasteiger partial charge >= 0.3 is 0 Å². The van der Waals surface area contributed by atoms with E-state index in [9.17, 15) is 19.5 Å². The fraction of sp³-hybridized carbons (Fsp3) is 0.429. The molecule has 1 saturated heterocycles. The molecule has 1 unspecified atom stereocenters. The summed E-state index contributed by atoms with van der Waals surface area (Å²) < 4.78 is 8.90. The van der Waals surface area contributed by atoms with Crippen LogP contribution in [0.1, 0.15) is 65.4 Å². The van der Waals surface area contributed by atoms with Gasteiger partial charge in [-0.3, -0.25) is 19.3 Å². The first-order valence-corrected chi connectivity index (χ1v) is 16.3. The van der Waals surface area contributed by atoms with Crippen molar-refractivity contribution in [3.63, 3.8) is 0 Å². The number of carbonyl (C=O) groups excluding carboxylic acids is 2. The summed E-state index contributed by atoms with van der Waals surface area (Å²) in [5.74, 6) is 0.454. The third-order valence-corrected chi connectivity index (χ3v) is 9.59. The van der Waals surface area contributed by atoms with Gasteiger partial charge in [-0.2, -0.15) is 5.10 Å². The smallest absolute Gasteiger partial charge is 0.290 e. The van der Waals surface area contributed by atoms with Crippen LogP contribution in [-0.4, -0.2) is 78.0 Å². The van der Waals surface area contributed by atoms with Crippen molar-refractivity contribution >= 4 is 29.1 Å². The fourth-order valence-electron chi connectivity index (χ4n) is 7.34. The zero-order valence-electron chi connectivity index (χ0n) is 27.9. The standard InChI is InChI=1S/C35H40N8O5/c1-20-18-48-19-21(2)43(20)32(45)22-6-7-30(37-16-22)38-27-13-26(39-40(5)33(27)46)24-8-9-36-31(25(24)17-44)42-11-10-41-28(34(42)47)12-23-14-35(3,4)15-29(23)41/h6-9,12-13,16,20-21,44H,10-11,14-15,17-19H2,1-5H3,(H,37,38)/t20-,21?/m0/s1. The summed E-state index contributed by atoms with van der Waals surface area (Å²) >= 11 is 0. The van der Waals surface area contributed by atoms with E-state index in [1.807, 2.05) is 24.8 Å². The Balaban J connectivity index is 1.16. The largest absolute Gasteiger partial charge is 0.392 e. The molecule has 2 aliphatic heterocycles. The van der Waals surface area contributed by atoms with Gasteiger partial charge in [0.2, 0.25) is 0 Å². The molecule has 0 aromatic carbocycles. The topological polar surface area (TPSA) is 148 Å². The third kappa shape index (κ3) is 5.46. The third-order valence-electron chi connectivity index (χ3n) is 9.59. The number of aromatic nitrogens is 5. The monoisotopic (exact) mass is 652 g/mol. The van der Waals surface area contributed by atoms with Gasteiger partial charge in [-0.05, 0) is 68.0 Å². The van der Waals surface area contributed by atoms with E-state index in [2.05, 4.69) is 38.8 Å². The van der Waals surface area contributed by atoms with Crippen LogP contribution in [0.15, 0.2) is 47.5 Å². The second-order valence-electron chi connectivity index (χ2n) is 13.8. The summed E-state index contributed by atoms with van der Waals surface area (Å²) in [5, 5.41) is 18.2. The van der Waals surface area contributed by atoms with Crippen LogP contribution in [0.5, 0.6) is 0 Å². The second-order valence-corrected chi connectivity index (χ2v) is 13.8. The van der Waals surface area contributed by atoms with Crippen molar-refractivity contribution in [2.45, 2.75) is 65.8 Å². The second kappa shape index (κ2) is 12.0. The lowest BCUT2D eigenvalue weighted by atomic mass is 9.90. The first kappa shape index (κ1) is 31.7. The first-order valence-electron chi connectivity index (χ1n) is 16.3. The number of aliphatic hydroxyl groups is 1. The molecule has 0 radical (unpaired) electrons. The summed E-state index contributed by atoms with van der Waals surface area (Å²) in [5.41, 5.74) is 4.92. The Morgan fingerprint density at radius 3 is 2.54 bits per heavy atom. The number of nitrogens with zero attached hydrogens (tertiary/aromatic N) is 7. The van der Waals surface area contributed by atoms with E-state index in [4.69, 9.17) is 4.74 Å². The molecule has 48 heavy (non-hydrogen) atoms. The average molecular weight is 653 g/mol. The van der Waals surface area contributed by atoms with E-state index in [0.717, 1.165) is 12.8 Å². The highest BCUT2D eigenvalue weighted by Crippen LogP contribution is 2.40. The Morgan fingerprint density at radius 1 is 1.06 bits per heavy atom. The molecule has 4 aromatic heterocycles. The lowest BCUT2D eigenvalue weighted by Crippen LogP contribution is -2.52. The van der Waals surface area contributed by atoms with Crippen molar-refractivity contribution < 1.29 is 19.4 Å². The number of aryl methyl sites for hydroxylation is 1. The Bertz CT molecular complexity index is 1970. The number of morpholine rings is 1. The van der Waals surface area contributed by atoms with Crippen LogP contribution in [0.25, 0.3) is 11.3 Å². The maximum absolute atomic E-state index is 13.8. The van der Waals surface area contributed by atoms with Crippen molar-refractivity contribution in [1.82, 2.24) is 29.2 Å². The van der Waals surface area contributed by atoms with Gasteiger partial charge in [0.25, 0.3) is 17.4 Å². The number of nitrogens with one attached hydrogen (secondary N) is 1. The summed E-state index contributed by atoms with van der Waals surface area (Å²) in [6.45, 7) is 10.0. The molecule has 0 bridgehead atoms. The van der Waals surface area contributed by atoms with Gasteiger partial charge in [0.1, 0.15) is 23.0 Å². The predicted molar refractivity (Wildman–Crippen MR) is 179 cm³/mol. The van der Waals surface area contributed by atoms with Gasteiger partial charge in [0, 0.05) is 49.4 Å². The first-order chi connectivity index (χ1) is 23.0. The Kier molecular flexibility index (Phi) is 7.91. The molecule has 7 rings (SSSR count). The molecule has 13 heteroatoms. The minimum atomic E-state index is -0.390. The van der Waals surface area contributed by atoms with Crippen molar-refractivity contribution in [2.24, 2.45) is 12.5 Å². The summed E-state index contributed by atoms with van der Waals surface area (Å²) in [4.78, 5) is 52.6. The number of amides is 2. The number of rotatable bonds is 6. The number of hydrogen-bond acceptors (Lipinski definition) is 9. The minimum absolute atomic E-state index is 0.0531. The van der Waals surface area contributed by atoms with E-state index < -0.39 is 6.61 Å². The molecule has 3 aliphatic rings. The molecule has 4 aromatic rings. The highest BCUT2D eigenvalue weighted by molar-refractivity contribution is 6.06. The van der Waals surface area contributed by atoms with Crippen LogP contribution in [0, 0.1) is 5.41 Å². The van der Waals surface area contributed by atoms with Gasteiger partial charge < -0.3 is 24.6 Å². The number of aliphatic hydroxyl groups excluding tert-OH is 1. The average Bonchev–Trinajstić information content (AvgIpc) is 3.55. The van der Waals surface area contributed by atoms with Crippen molar-refractivity contribution in [1.29, 1.82) is 0 Å². The highest BCUT2D eigenvalue weighted by Gasteiger charge is 2.38. The Hall–Kier alpha value is -4.88. The van der Waals surface area contributed by atoms with Gasteiger partial charge in [-0.15, -0.1) is 0 Å². The molecule has 13 nitrogen and oxygen atoms in total. The zero-order chi connectivity index (χ0) is 33.9. The van der Waals surface area contributed by atoms with E-state index in [0.29, 0.717) is 66.0 Å². The molecule has 0 spiro atoms. The van der Waals surface area contributed by atoms with Gasteiger partial charge in [0.05, 0.1) is 43.2 Å². The summed E-state index contributed by atoms with van der Waals surface area (Å²) in [6.07, 6.45) is 4.95. The van der Waals surface area contributed by atoms with Crippen LogP contribution in [-0.2, 0) is 37.8 Å². The number of pyridine rings is 2. The molecule has 0 saturated carbocycles. The number of fused-ring (bicyclic) bond motifs is 3. The molecular weight excluding hydrogens is 612 g/mol. The van der Waals surface area contributed by atoms with Crippen LogP contribution >= 0.6 is 0 Å².